The molecule has 0 heterocycles. The van der Waals surface area contributed by atoms with Gasteiger partial charge in [-0.3, -0.25) is 0 Å². The molecule has 0 fully saturated rings. The van der Waals surface area contributed by atoms with Crippen molar-refractivity contribution in [3.05, 3.63) is 12.4 Å². The highest BCUT2D eigenvalue weighted by atomic mass is 19.1. The van der Waals surface area contributed by atoms with E-state index in [0.717, 1.165) is 0 Å². The number of carboxylic acid groups (broad SMARTS) is 1. The predicted molar refractivity (Wildman–Crippen MR) is 38.3 cm³/mol. The number of halogens is 1. The van der Waals surface area contributed by atoms with Gasteiger partial charge in [-0.05, 0) is 0 Å². The maximum atomic E-state index is 12.6. The van der Waals surface area contributed by atoms with E-state index >= 15 is 0 Å². The van der Waals surface area contributed by atoms with Gasteiger partial charge < -0.3 is 10.8 Å². The molecule has 0 unspecified atom stereocenters. The van der Waals surface area contributed by atoms with Crippen LogP contribution in [0.15, 0.2) is 12.4 Å². The van der Waals surface area contributed by atoms with E-state index in [0.29, 0.717) is 0 Å². The van der Waals surface area contributed by atoms with Crippen LogP contribution in [-0.4, -0.2) is 16.6 Å². The summed E-state index contributed by atoms with van der Waals surface area (Å²) in [4.78, 5) is 10.5. The van der Waals surface area contributed by atoms with Crippen LogP contribution >= 0.6 is 0 Å². The Kier molecular flexibility index (Phi) is 2.76. The molecule has 64 valence electrons. The third-order valence-corrected chi connectivity index (χ3v) is 1.85. The van der Waals surface area contributed by atoms with Crippen molar-refractivity contribution in [1.29, 1.82) is 0 Å². The molecular weight excluding hydrogens is 149 g/mol. The molecule has 0 aromatic carbocycles. The third kappa shape index (κ3) is 1.57. The van der Waals surface area contributed by atoms with E-state index in [1.807, 2.05) is 0 Å². The summed E-state index contributed by atoms with van der Waals surface area (Å²) in [6.07, 6.45) is 0. The molecule has 1 atom stereocenters. The Balaban J connectivity index is 4.82. The highest BCUT2D eigenvalue weighted by molar-refractivity contribution is 5.80. The van der Waals surface area contributed by atoms with Crippen molar-refractivity contribution in [2.45, 2.75) is 19.4 Å². The molecule has 4 heteroatoms. The summed E-state index contributed by atoms with van der Waals surface area (Å²) in [6.45, 7) is 6.14. The summed E-state index contributed by atoms with van der Waals surface area (Å²) in [5.41, 5.74) is 1.60. The highest BCUT2D eigenvalue weighted by Crippen LogP contribution is 2.20. The first-order chi connectivity index (χ1) is 4.83. The number of carboxylic acids is 1. The Morgan fingerprint density at radius 2 is 2.09 bits per heavy atom. The van der Waals surface area contributed by atoms with E-state index in [1.54, 1.807) is 13.8 Å². The summed E-state index contributed by atoms with van der Waals surface area (Å²) in [6, 6.07) is 0. The largest absolute Gasteiger partial charge is 0.476 e. The minimum absolute atomic E-state index is 0.405. The van der Waals surface area contributed by atoms with Gasteiger partial charge in [0.05, 0.1) is 0 Å². The molecule has 0 aliphatic rings. The first kappa shape index (κ1) is 10.1. The normalized spacial score (nSPS) is 16.1. The Labute approximate surface area is 64.7 Å². The van der Waals surface area contributed by atoms with Gasteiger partial charge in [-0.25, -0.2) is 9.18 Å². The molecule has 0 aromatic rings. The summed E-state index contributed by atoms with van der Waals surface area (Å²) in [5, 5.41) is 8.61. The average Bonchev–Trinajstić information content (AvgIpc) is 1.84. The number of carbonyl (C=O) groups is 1. The van der Waals surface area contributed by atoms with Crippen molar-refractivity contribution in [2.24, 2.45) is 5.92 Å². The number of rotatable bonds is 3. The maximum absolute atomic E-state index is 12.6. The van der Waals surface area contributed by atoms with Gasteiger partial charge in [-0.1, -0.05) is 20.4 Å². The standard InChI is InChI=1S/C7H12FNO2/c1-4(2)7(9,5(3)8)6(10)11/h4H,3,9H2,1-2H3,(H,10,11)/p+1/t7-/m1/s1. The highest BCUT2D eigenvalue weighted by Gasteiger charge is 2.45. The van der Waals surface area contributed by atoms with Crippen molar-refractivity contribution in [1.82, 2.24) is 0 Å². The van der Waals surface area contributed by atoms with E-state index in [2.05, 4.69) is 12.3 Å². The summed E-state index contributed by atoms with van der Waals surface area (Å²) in [7, 11) is 0. The van der Waals surface area contributed by atoms with E-state index < -0.39 is 23.3 Å². The summed E-state index contributed by atoms with van der Waals surface area (Å²) < 4.78 is 12.6. The second kappa shape index (κ2) is 3.00. The van der Waals surface area contributed by atoms with Crippen molar-refractivity contribution >= 4 is 5.97 Å². The van der Waals surface area contributed by atoms with Crippen LogP contribution in [0.1, 0.15) is 13.8 Å². The van der Waals surface area contributed by atoms with Crippen molar-refractivity contribution < 1.29 is 20.0 Å². The molecule has 4 N–H and O–H groups in total. The van der Waals surface area contributed by atoms with Crippen LogP contribution in [0.3, 0.4) is 0 Å². The van der Waals surface area contributed by atoms with E-state index in [1.165, 1.54) is 0 Å². The van der Waals surface area contributed by atoms with Crippen LogP contribution in [0.25, 0.3) is 0 Å². The van der Waals surface area contributed by atoms with Crippen molar-refractivity contribution in [3.8, 4) is 0 Å². The predicted octanol–water partition coefficient (Wildman–Crippen LogP) is 0.191. The van der Waals surface area contributed by atoms with E-state index in [9.17, 15) is 9.18 Å². The molecule has 0 aromatic heterocycles. The molecule has 0 spiro atoms. The Morgan fingerprint density at radius 3 is 2.09 bits per heavy atom. The smallest absolute Gasteiger partial charge is 0.373 e. The molecule has 0 rings (SSSR count). The molecule has 11 heavy (non-hydrogen) atoms. The molecule has 3 nitrogen and oxygen atoms in total. The van der Waals surface area contributed by atoms with Gasteiger partial charge in [-0.2, -0.15) is 0 Å². The fraction of sp³-hybridized carbons (Fsp3) is 0.571. The third-order valence-electron chi connectivity index (χ3n) is 1.85. The molecule has 0 aliphatic carbocycles. The quantitative estimate of drug-likeness (QED) is 0.622. The van der Waals surface area contributed by atoms with Crippen molar-refractivity contribution in [2.75, 3.05) is 0 Å². The minimum atomic E-state index is -1.69. The topological polar surface area (TPSA) is 64.9 Å². The first-order valence-electron chi connectivity index (χ1n) is 3.27. The molecule has 0 radical (unpaired) electrons. The lowest BCUT2D eigenvalue weighted by Crippen LogP contribution is -2.79. The van der Waals surface area contributed by atoms with Crippen LogP contribution in [0.5, 0.6) is 0 Å². The van der Waals surface area contributed by atoms with Gasteiger partial charge in [0.15, 0.2) is 5.83 Å². The molecule has 0 amide bonds. The molecule has 0 saturated carbocycles. The summed E-state index contributed by atoms with van der Waals surface area (Å²) in [5.74, 6) is -2.59. The first-order valence-corrected chi connectivity index (χ1v) is 3.27. The number of aliphatic carboxylic acids is 1. The lowest BCUT2D eigenvalue weighted by atomic mass is 9.87. The summed E-state index contributed by atoms with van der Waals surface area (Å²) >= 11 is 0. The zero-order valence-corrected chi connectivity index (χ0v) is 6.72. The van der Waals surface area contributed by atoms with E-state index in [-0.39, 0.29) is 0 Å². The number of hydrogen-bond donors (Lipinski definition) is 2. The van der Waals surface area contributed by atoms with Crippen LogP contribution in [-0.2, 0) is 4.79 Å². The second-order valence-electron chi connectivity index (χ2n) is 2.84. The van der Waals surface area contributed by atoms with Crippen LogP contribution in [0.4, 0.5) is 4.39 Å². The number of hydrogen-bond acceptors (Lipinski definition) is 1. The molecule has 0 aliphatic heterocycles. The lowest BCUT2D eigenvalue weighted by molar-refractivity contribution is -0.463. The van der Waals surface area contributed by atoms with Crippen LogP contribution < -0.4 is 5.73 Å². The zero-order valence-electron chi connectivity index (χ0n) is 6.72. The Bertz CT molecular complexity index is 175. The van der Waals surface area contributed by atoms with E-state index in [4.69, 9.17) is 5.11 Å². The van der Waals surface area contributed by atoms with Gasteiger partial charge in [0.25, 0.3) is 0 Å². The SMILES string of the molecule is C=C(F)[C@@]([NH3+])(C(=O)O)C(C)C. The second-order valence-corrected chi connectivity index (χ2v) is 2.84. The monoisotopic (exact) mass is 162 g/mol. The van der Waals surface area contributed by atoms with Crippen LogP contribution in [0.2, 0.25) is 0 Å². The fourth-order valence-corrected chi connectivity index (χ4v) is 0.676. The van der Waals surface area contributed by atoms with Gasteiger partial charge in [-0.15, -0.1) is 0 Å². The molecular formula is C7H13FNO2+. The van der Waals surface area contributed by atoms with Crippen LogP contribution in [0, 0.1) is 5.92 Å². The number of quaternary nitrogens is 1. The average molecular weight is 162 g/mol. The lowest BCUT2D eigenvalue weighted by Gasteiger charge is -2.22. The molecule has 0 bridgehead atoms. The van der Waals surface area contributed by atoms with Gasteiger partial charge >= 0.3 is 5.97 Å². The molecule has 0 saturated heterocycles. The van der Waals surface area contributed by atoms with Gasteiger partial charge in [0.1, 0.15) is 0 Å². The minimum Gasteiger partial charge on any atom is -0.476 e. The Morgan fingerprint density at radius 1 is 1.73 bits per heavy atom. The zero-order chi connectivity index (χ0) is 9.23. The fourth-order valence-electron chi connectivity index (χ4n) is 0.676. The van der Waals surface area contributed by atoms with Gasteiger partial charge in [0, 0.05) is 5.92 Å². The Hall–Kier alpha value is -0.900. The maximum Gasteiger partial charge on any atom is 0.373 e. The van der Waals surface area contributed by atoms with Crippen molar-refractivity contribution in [3.63, 3.8) is 0 Å². The van der Waals surface area contributed by atoms with Gasteiger partial charge in [0.2, 0.25) is 5.54 Å².